The number of anilines is 1. The number of rotatable bonds is 3. The Morgan fingerprint density at radius 2 is 1.75 bits per heavy atom. The molecular formula is C14H15F2NO3. The number of halogens is 2. The van der Waals surface area contributed by atoms with E-state index in [1.165, 1.54) is 6.07 Å². The van der Waals surface area contributed by atoms with Crippen LogP contribution in [0, 0.1) is 29.4 Å². The van der Waals surface area contributed by atoms with Gasteiger partial charge in [-0.25, -0.2) is 8.78 Å². The molecule has 1 aromatic carbocycles. The molecule has 0 saturated heterocycles. The van der Waals surface area contributed by atoms with Gasteiger partial charge in [-0.15, -0.1) is 0 Å². The molecule has 6 heteroatoms. The van der Waals surface area contributed by atoms with Crippen LogP contribution in [0.2, 0.25) is 0 Å². The minimum Gasteiger partial charge on any atom is -0.481 e. The molecule has 1 fully saturated rings. The molecule has 1 aliphatic rings. The molecule has 108 valence electrons. The van der Waals surface area contributed by atoms with E-state index >= 15 is 0 Å². The lowest BCUT2D eigenvalue weighted by atomic mass is 9.95. The summed E-state index contributed by atoms with van der Waals surface area (Å²) in [5.74, 6) is -4.93. The van der Waals surface area contributed by atoms with Crippen LogP contribution < -0.4 is 5.32 Å². The number of para-hydroxylation sites is 1. The fraction of sp³-hybridized carbons (Fsp3) is 0.429. The summed E-state index contributed by atoms with van der Waals surface area (Å²) >= 11 is 0. The Bertz CT molecular complexity index is 527. The number of carbonyl (C=O) groups excluding carboxylic acids is 1. The van der Waals surface area contributed by atoms with Gasteiger partial charge in [-0.05, 0) is 30.9 Å². The van der Waals surface area contributed by atoms with Gasteiger partial charge in [0, 0.05) is 0 Å². The average molecular weight is 283 g/mol. The zero-order chi connectivity index (χ0) is 14.9. The summed E-state index contributed by atoms with van der Waals surface area (Å²) in [6, 6.07) is 3.26. The van der Waals surface area contributed by atoms with Crippen molar-refractivity contribution < 1.29 is 23.5 Å². The second-order valence-corrected chi connectivity index (χ2v) is 5.21. The summed E-state index contributed by atoms with van der Waals surface area (Å²) in [4.78, 5) is 23.2. The molecule has 1 saturated carbocycles. The monoisotopic (exact) mass is 283 g/mol. The van der Waals surface area contributed by atoms with E-state index < -0.39 is 41.0 Å². The van der Waals surface area contributed by atoms with Crippen LogP contribution in [-0.2, 0) is 9.59 Å². The summed E-state index contributed by atoms with van der Waals surface area (Å²) in [6.07, 6.45) is 0.798. The minimum absolute atomic E-state index is 0.0947. The van der Waals surface area contributed by atoms with Crippen LogP contribution in [0.15, 0.2) is 18.2 Å². The molecule has 0 bridgehead atoms. The average Bonchev–Trinajstić information content (AvgIpc) is 2.76. The summed E-state index contributed by atoms with van der Waals surface area (Å²) in [5.41, 5.74) is -0.527. The number of carboxylic acid groups (broad SMARTS) is 1. The van der Waals surface area contributed by atoms with Gasteiger partial charge >= 0.3 is 5.97 Å². The Labute approximate surface area is 114 Å². The van der Waals surface area contributed by atoms with E-state index in [4.69, 9.17) is 5.11 Å². The van der Waals surface area contributed by atoms with Crippen LogP contribution in [0.5, 0.6) is 0 Å². The Balaban J connectivity index is 2.18. The zero-order valence-corrected chi connectivity index (χ0v) is 10.9. The van der Waals surface area contributed by atoms with Gasteiger partial charge in [0.25, 0.3) is 0 Å². The van der Waals surface area contributed by atoms with Crippen LogP contribution in [0.25, 0.3) is 0 Å². The lowest BCUT2D eigenvalue weighted by Crippen LogP contribution is -2.30. The third-order valence-electron chi connectivity index (χ3n) is 3.66. The molecule has 0 aromatic heterocycles. The molecule has 2 rings (SSSR count). The Kier molecular flexibility index (Phi) is 4.01. The summed E-state index contributed by atoms with van der Waals surface area (Å²) < 4.78 is 26.9. The van der Waals surface area contributed by atoms with Gasteiger partial charge in [0.2, 0.25) is 5.91 Å². The number of benzene rings is 1. The number of carbonyl (C=O) groups is 2. The number of hydrogen-bond acceptors (Lipinski definition) is 2. The number of amides is 1. The molecule has 0 aliphatic heterocycles. The quantitative estimate of drug-likeness (QED) is 0.896. The molecule has 4 nitrogen and oxygen atoms in total. The van der Waals surface area contributed by atoms with Gasteiger partial charge in [-0.1, -0.05) is 13.0 Å². The van der Waals surface area contributed by atoms with Crippen LogP contribution >= 0.6 is 0 Å². The maximum absolute atomic E-state index is 13.5. The Morgan fingerprint density at radius 1 is 1.20 bits per heavy atom. The molecule has 0 heterocycles. The van der Waals surface area contributed by atoms with Crippen molar-refractivity contribution in [3.05, 3.63) is 29.8 Å². The van der Waals surface area contributed by atoms with Crippen LogP contribution in [0.4, 0.5) is 14.5 Å². The smallest absolute Gasteiger partial charge is 0.307 e. The molecule has 1 unspecified atom stereocenters. The van der Waals surface area contributed by atoms with E-state index in [2.05, 4.69) is 5.32 Å². The van der Waals surface area contributed by atoms with Crippen molar-refractivity contribution in [2.24, 2.45) is 17.8 Å². The Hall–Kier alpha value is -1.98. The molecule has 2 N–H and O–H groups in total. The van der Waals surface area contributed by atoms with E-state index in [1.807, 2.05) is 6.92 Å². The highest BCUT2D eigenvalue weighted by Crippen LogP contribution is 2.37. The van der Waals surface area contributed by atoms with Crippen molar-refractivity contribution in [1.82, 2.24) is 0 Å². The number of carboxylic acids is 1. The van der Waals surface area contributed by atoms with Crippen molar-refractivity contribution in [3.63, 3.8) is 0 Å². The first-order chi connectivity index (χ1) is 9.40. The molecular weight excluding hydrogens is 268 g/mol. The predicted molar refractivity (Wildman–Crippen MR) is 68.0 cm³/mol. The first kappa shape index (κ1) is 14.4. The molecule has 1 amide bonds. The van der Waals surface area contributed by atoms with Crippen LogP contribution in [0.3, 0.4) is 0 Å². The largest absolute Gasteiger partial charge is 0.481 e. The van der Waals surface area contributed by atoms with Crippen molar-refractivity contribution >= 4 is 17.6 Å². The summed E-state index contributed by atoms with van der Waals surface area (Å²) in [7, 11) is 0. The summed E-state index contributed by atoms with van der Waals surface area (Å²) in [6.45, 7) is 1.85. The van der Waals surface area contributed by atoms with E-state index in [1.54, 1.807) is 0 Å². The van der Waals surface area contributed by atoms with E-state index in [0.29, 0.717) is 12.8 Å². The molecule has 0 spiro atoms. The molecule has 20 heavy (non-hydrogen) atoms. The van der Waals surface area contributed by atoms with Gasteiger partial charge < -0.3 is 10.4 Å². The molecule has 0 radical (unpaired) electrons. The fourth-order valence-corrected chi connectivity index (χ4v) is 2.69. The van der Waals surface area contributed by atoms with Gasteiger partial charge in [0.15, 0.2) is 0 Å². The van der Waals surface area contributed by atoms with Crippen molar-refractivity contribution in [1.29, 1.82) is 0 Å². The standard InChI is InChI=1S/C14H15F2NO3/c1-7-5-8(9(6-7)14(19)20)13(18)17-12-10(15)3-2-4-11(12)16/h2-4,7-9H,5-6H2,1H3,(H,17,18)(H,19,20)/t7?,8-,9+/m0/s1. The maximum Gasteiger partial charge on any atom is 0.307 e. The van der Waals surface area contributed by atoms with Crippen molar-refractivity contribution in [2.45, 2.75) is 19.8 Å². The minimum atomic E-state index is -1.05. The number of nitrogens with one attached hydrogen (secondary N) is 1. The SMILES string of the molecule is CC1C[C@H](C(=O)Nc2c(F)cccc2F)[C@H](C(=O)O)C1. The fourth-order valence-electron chi connectivity index (χ4n) is 2.69. The van der Waals surface area contributed by atoms with Gasteiger partial charge in [0.1, 0.15) is 17.3 Å². The van der Waals surface area contributed by atoms with E-state index in [0.717, 1.165) is 12.1 Å². The Morgan fingerprint density at radius 3 is 2.30 bits per heavy atom. The number of aliphatic carboxylic acids is 1. The van der Waals surface area contributed by atoms with Gasteiger partial charge in [-0.3, -0.25) is 9.59 Å². The molecule has 1 aliphatic carbocycles. The zero-order valence-electron chi connectivity index (χ0n) is 10.9. The highest BCUT2D eigenvalue weighted by molar-refractivity contribution is 5.95. The third-order valence-corrected chi connectivity index (χ3v) is 3.66. The predicted octanol–water partition coefficient (Wildman–Crippen LogP) is 2.65. The third kappa shape index (κ3) is 2.79. The topological polar surface area (TPSA) is 66.4 Å². The maximum atomic E-state index is 13.5. The highest BCUT2D eigenvalue weighted by Gasteiger charge is 2.41. The molecule has 3 atom stereocenters. The first-order valence-electron chi connectivity index (χ1n) is 6.37. The molecule has 1 aromatic rings. The van der Waals surface area contributed by atoms with Crippen LogP contribution in [0.1, 0.15) is 19.8 Å². The second kappa shape index (κ2) is 5.56. The van der Waals surface area contributed by atoms with Gasteiger partial charge in [0.05, 0.1) is 11.8 Å². The number of hydrogen-bond donors (Lipinski definition) is 2. The lowest BCUT2D eigenvalue weighted by Gasteiger charge is -2.16. The second-order valence-electron chi connectivity index (χ2n) is 5.21. The van der Waals surface area contributed by atoms with Crippen molar-refractivity contribution in [2.75, 3.05) is 5.32 Å². The lowest BCUT2D eigenvalue weighted by molar-refractivity contribution is -0.145. The van der Waals surface area contributed by atoms with E-state index in [9.17, 15) is 18.4 Å². The van der Waals surface area contributed by atoms with Gasteiger partial charge in [-0.2, -0.15) is 0 Å². The van der Waals surface area contributed by atoms with Crippen molar-refractivity contribution in [3.8, 4) is 0 Å². The normalized spacial score (nSPS) is 25.4. The van der Waals surface area contributed by atoms with Crippen LogP contribution in [-0.4, -0.2) is 17.0 Å². The first-order valence-corrected chi connectivity index (χ1v) is 6.37. The summed E-state index contributed by atoms with van der Waals surface area (Å²) in [5, 5.41) is 11.3. The van der Waals surface area contributed by atoms with E-state index in [-0.39, 0.29) is 5.92 Å². The highest BCUT2D eigenvalue weighted by atomic mass is 19.1.